The Labute approximate surface area is 120 Å². The summed E-state index contributed by atoms with van der Waals surface area (Å²) in [6, 6.07) is 13.8. The smallest absolute Gasteiger partial charge is 0.120 e. The molecule has 104 valence electrons. The molecule has 2 heteroatoms. The van der Waals surface area contributed by atoms with Crippen LogP contribution in [0.4, 0.5) is 0 Å². The van der Waals surface area contributed by atoms with Gasteiger partial charge in [0.05, 0.1) is 6.10 Å². The van der Waals surface area contributed by atoms with Crippen molar-refractivity contribution in [2.45, 2.75) is 38.9 Å². The summed E-state index contributed by atoms with van der Waals surface area (Å²) in [7, 11) is 0. The highest BCUT2D eigenvalue weighted by atomic mass is 16.5. The SMILES string of the molecule is Cc1cccc(C(O)c2cccc(OC3CC3)c2)c1C. The number of benzene rings is 2. The number of aliphatic hydroxyl groups is 1. The van der Waals surface area contributed by atoms with Crippen LogP contribution in [0.3, 0.4) is 0 Å². The third kappa shape index (κ3) is 2.70. The van der Waals surface area contributed by atoms with Crippen molar-refractivity contribution in [3.8, 4) is 5.75 Å². The summed E-state index contributed by atoms with van der Waals surface area (Å²) in [6.07, 6.45) is 2.06. The first-order valence-corrected chi connectivity index (χ1v) is 7.16. The van der Waals surface area contributed by atoms with Crippen LogP contribution in [0.1, 0.15) is 41.2 Å². The molecule has 1 aliphatic rings. The van der Waals surface area contributed by atoms with Crippen LogP contribution in [0.15, 0.2) is 42.5 Å². The van der Waals surface area contributed by atoms with Gasteiger partial charge in [-0.1, -0.05) is 30.3 Å². The van der Waals surface area contributed by atoms with Crippen LogP contribution in [-0.4, -0.2) is 11.2 Å². The zero-order valence-electron chi connectivity index (χ0n) is 12.0. The summed E-state index contributed by atoms with van der Waals surface area (Å²) >= 11 is 0. The lowest BCUT2D eigenvalue weighted by Gasteiger charge is -2.16. The van der Waals surface area contributed by atoms with Gasteiger partial charge in [-0.15, -0.1) is 0 Å². The molecule has 1 atom stereocenters. The van der Waals surface area contributed by atoms with E-state index in [2.05, 4.69) is 19.9 Å². The van der Waals surface area contributed by atoms with Gasteiger partial charge in [0.25, 0.3) is 0 Å². The highest BCUT2D eigenvalue weighted by molar-refractivity contribution is 5.41. The standard InChI is InChI=1S/C18H20O2/c1-12-5-3-8-17(13(12)2)18(19)14-6-4-7-16(11-14)20-15-9-10-15/h3-8,11,15,18-19H,9-10H2,1-2H3. The molecule has 0 radical (unpaired) electrons. The fourth-order valence-electron chi connectivity index (χ4n) is 2.39. The summed E-state index contributed by atoms with van der Waals surface area (Å²) in [5.41, 5.74) is 4.20. The Morgan fingerprint density at radius 3 is 2.60 bits per heavy atom. The number of aliphatic hydroxyl groups excluding tert-OH is 1. The van der Waals surface area contributed by atoms with Crippen molar-refractivity contribution in [2.75, 3.05) is 0 Å². The molecule has 20 heavy (non-hydrogen) atoms. The van der Waals surface area contributed by atoms with Gasteiger partial charge >= 0.3 is 0 Å². The van der Waals surface area contributed by atoms with Gasteiger partial charge in [-0.3, -0.25) is 0 Å². The molecule has 0 saturated heterocycles. The van der Waals surface area contributed by atoms with Crippen molar-refractivity contribution in [2.24, 2.45) is 0 Å². The monoisotopic (exact) mass is 268 g/mol. The van der Waals surface area contributed by atoms with Gasteiger partial charge in [-0.2, -0.15) is 0 Å². The molecule has 0 spiro atoms. The number of ether oxygens (including phenoxy) is 1. The number of rotatable bonds is 4. The van der Waals surface area contributed by atoms with Crippen LogP contribution < -0.4 is 4.74 Å². The van der Waals surface area contributed by atoms with E-state index in [1.807, 2.05) is 36.4 Å². The van der Waals surface area contributed by atoms with E-state index in [-0.39, 0.29) is 0 Å². The first-order valence-electron chi connectivity index (χ1n) is 7.16. The second kappa shape index (κ2) is 5.29. The third-order valence-corrected chi connectivity index (χ3v) is 3.94. The van der Waals surface area contributed by atoms with Crippen molar-refractivity contribution < 1.29 is 9.84 Å². The molecule has 0 aromatic heterocycles. The Morgan fingerprint density at radius 2 is 1.85 bits per heavy atom. The van der Waals surface area contributed by atoms with E-state index in [0.29, 0.717) is 6.10 Å². The van der Waals surface area contributed by atoms with Gasteiger partial charge in [0, 0.05) is 0 Å². The van der Waals surface area contributed by atoms with E-state index in [4.69, 9.17) is 4.74 Å². The van der Waals surface area contributed by atoms with Crippen molar-refractivity contribution >= 4 is 0 Å². The minimum Gasteiger partial charge on any atom is -0.490 e. The molecule has 0 bridgehead atoms. The minimum absolute atomic E-state index is 0.378. The predicted molar refractivity (Wildman–Crippen MR) is 80.1 cm³/mol. The first-order chi connectivity index (χ1) is 9.65. The van der Waals surface area contributed by atoms with Crippen LogP contribution in [0.2, 0.25) is 0 Å². The maximum absolute atomic E-state index is 10.6. The molecule has 3 rings (SSSR count). The topological polar surface area (TPSA) is 29.5 Å². The van der Waals surface area contributed by atoms with Gasteiger partial charge < -0.3 is 9.84 Å². The lowest BCUT2D eigenvalue weighted by atomic mass is 9.95. The predicted octanol–water partition coefficient (Wildman–Crippen LogP) is 3.93. The average molecular weight is 268 g/mol. The second-order valence-corrected chi connectivity index (χ2v) is 5.58. The first kappa shape index (κ1) is 13.2. The molecule has 0 aliphatic heterocycles. The van der Waals surface area contributed by atoms with Crippen LogP contribution in [-0.2, 0) is 0 Å². The normalized spacial score (nSPS) is 15.9. The zero-order chi connectivity index (χ0) is 14.1. The minimum atomic E-state index is -0.599. The molecule has 0 amide bonds. The Balaban J connectivity index is 1.89. The highest BCUT2D eigenvalue weighted by Gasteiger charge is 2.24. The van der Waals surface area contributed by atoms with E-state index in [1.54, 1.807) is 0 Å². The Morgan fingerprint density at radius 1 is 1.10 bits per heavy atom. The Bertz CT molecular complexity index is 615. The van der Waals surface area contributed by atoms with Crippen molar-refractivity contribution in [3.63, 3.8) is 0 Å². The number of hydrogen-bond acceptors (Lipinski definition) is 2. The quantitative estimate of drug-likeness (QED) is 0.910. The molecule has 1 aliphatic carbocycles. The van der Waals surface area contributed by atoms with E-state index in [0.717, 1.165) is 35.3 Å². The Hall–Kier alpha value is -1.80. The van der Waals surface area contributed by atoms with Gasteiger partial charge in [0.1, 0.15) is 11.9 Å². The van der Waals surface area contributed by atoms with Gasteiger partial charge in [0.15, 0.2) is 0 Å². The number of hydrogen-bond donors (Lipinski definition) is 1. The van der Waals surface area contributed by atoms with Crippen LogP contribution in [0.25, 0.3) is 0 Å². The van der Waals surface area contributed by atoms with Gasteiger partial charge in [0.2, 0.25) is 0 Å². The van der Waals surface area contributed by atoms with E-state index >= 15 is 0 Å². The number of aryl methyl sites for hydroxylation is 1. The lowest BCUT2D eigenvalue weighted by molar-refractivity contribution is 0.218. The van der Waals surface area contributed by atoms with Crippen LogP contribution in [0, 0.1) is 13.8 Å². The van der Waals surface area contributed by atoms with Crippen LogP contribution in [0.5, 0.6) is 5.75 Å². The third-order valence-electron chi connectivity index (χ3n) is 3.94. The zero-order valence-corrected chi connectivity index (χ0v) is 12.0. The van der Waals surface area contributed by atoms with Crippen LogP contribution >= 0.6 is 0 Å². The molecule has 1 fully saturated rings. The van der Waals surface area contributed by atoms with Gasteiger partial charge in [-0.05, 0) is 61.1 Å². The van der Waals surface area contributed by atoms with Crippen molar-refractivity contribution in [3.05, 3.63) is 64.7 Å². The fraction of sp³-hybridized carbons (Fsp3) is 0.333. The summed E-state index contributed by atoms with van der Waals surface area (Å²) in [5, 5.41) is 10.6. The molecule has 0 heterocycles. The second-order valence-electron chi connectivity index (χ2n) is 5.58. The van der Waals surface area contributed by atoms with E-state index in [1.165, 1.54) is 5.56 Å². The largest absolute Gasteiger partial charge is 0.490 e. The average Bonchev–Trinajstić information content (AvgIpc) is 3.25. The lowest BCUT2D eigenvalue weighted by Crippen LogP contribution is -2.04. The molecular formula is C18H20O2. The van der Waals surface area contributed by atoms with E-state index in [9.17, 15) is 5.11 Å². The maximum Gasteiger partial charge on any atom is 0.120 e. The van der Waals surface area contributed by atoms with Crippen molar-refractivity contribution in [1.82, 2.24) is 0 Å². The summed E-state index contributed by atoms with van der Waals surface area (Å²) in [6.45, 7) is 4.12. The molecule has 2 nitrogen and oxygen atoms in total. The molecular weight excluding hydrogens is 248 g/mol. The maximum atomic E-state index is 10.6. The summed E-state index contributed by atoms with van der Waals surface area (Å²) in [4.78, 5) is 0. The Kier molecular flexibility index (Phi) is 3.49. The molecule has 1 unspecified atom stereocenters. The van der Waals surface area contributed by atoms with Crippen molar-refractivity contribution in [1.29, 1.82) is 0 Å². The fourth-order valence-corrected chi connectivity index (χ4v) is 2.39. The molecule has 2 aromatic rings. The summed E-state index contributed by atoms with van der Waals surface area (Å²) < 4.78 is 5.79. The molecule has 1 saturated carbocycles. The summed E-state index contributed by atoms with van der Waals surface area (Å²) in [5.74, 6) is 0.856. The highest BCUT2D eigenvalue weighted by Crippen LogP contribution is 2.31. The molecule has 1 N–H and O–H groups in total. The van der Waals surface area contributed by atoms with Gasteiger partial charge in [-0.25, -0.2) is 0 Å². The molecule has 2 aromatic carbocycles. The van der Waals surface area contributed by atoms with E-state index < -0.39 is 6.10 Å².